The molecular weight excluding hydrogens is 276 g/mol. The molecule has 21 heavy (non-hydrogen) atoms. The van der Waals surface area contributed by atoms with Crippen molar-refractivity contribution in [2.24, 2.45) is 0 Å². The Morgan fingerprint density at radius 2 is 2.00 bits per heavy atom. The van der Waals surface area contributed by atoms with Gasteiger partial charge in [-0.25, -0.2) is 4.79 Å². The van der Waals surface area contributed by atoms with Crippen molar-refractivity contribution >= 4 is 12.1 Å². The van der Waals surface area contributed by atoms with Gasteiger partial charge < -0.3 is 25.2 Å². The van der Waals surface area contributed by atoms with Gasteiger partial charge in [0.15, 0.2) is 0 Å². The number of methoxy groups -OCH3 is 1. The zero-order valence-corrected chi connectivity index (χ0v) is 11.9. The molecule has 1 atom stereocenters. The lowest BCUT2D eigenvalue weighted by Gasteiger charge is -2.18. The summed E-state index contributed by atoms with van der Waals surface area (Å²) in [6.07, 6.45) is -0.571. The number of benzene rings is 1. The lowest BCUT2D eigenvalue weighted by molar-refractivity contribution is -0.135. The van der Waals surface area contributed by atoms with Crippen molar-refractivity contribution < 1.29 is 24.2 Å². The van der Waals surface area contributed by atoms with Crippen LogP contribution >= 0.6 is 0 Å². The van der Waals surface area contributed by atoms with E-state index in [0.29, 0.717) is 0 Å². The van der Waals surface area contributed by atoms with E-state index in [-0.39, 0.29) is 32.3 Å². The highest BCUT2D eigenvalue weighted by Crippen LogP contribution is 2.00. The number of aliphatic carboxylic acids is 1. The molecule has 1 aromatic rings. The van der Waals surface area contributed by atoms with Crippen LogP contribution in [0, 0.1) is 0 Å². The lowest BCUT2D eigenvalue weighted by atomic mass is 10.2. The van der Waals surface area contributed by atoms with Crippen LogP contribution < -0.4 is 10.6 Å². The van der Waals surface area contributed by atoms with Crippen molar-refractivity contribution in [1.29, 1.82) is 0 Å². The van der Waals surface area contributed by atoms with Crippen molar-refractivity contribution in [3.05, 3.63) is 35.9 Å². The molecule has 0 saturated carbocycles. The molecule has 7 nitrogen and oxygen atoms in total. The van der Waals surface area contributed by atoms with E-state index in [0.717, 1.165) is 5.56 Å². The SMILES string of the molecule is COC[C@@H](CNCC(=O)O)NC(=O)OCc1ccccc1. The first-order chi connectivity index (χ1) is 10.1. The largest absolute Gasteiger partial charge is 0.480 e. The highest BCUT2D eigenvalue weighted by atomic mass is 16.5. The van der Waals surface area contributed by atoms with Gasteiger partial charge >= 0.3 is 12.1 Å². The predicted octanol–water partition coefficient (Wildman–Crippen LogP) is 0.602. The number of carboxylic acids is 1. The number of carboxylic acid groups (broad SMARTS) is 1. The fourth-order valence-electron chi connectivity index (χ4n) is 1.64. The second-order valence-corrected chi connectivity index (χ2v) is 4.38. The molecule has 7 heteroatoms. The Kier molecular flexibility index (Phi) is 7.85. The zero-order chi connectivity index (χ0) is 15.5. The Morgan fingerprint density at radius 1 is 1.29 bits per heavy atom. The molecule has 1 amide bonds. The number of carbonyl (C=O) groups excluding carboxylic acids is 1. The van der Waals surface area contributed by atoms with Gasteiger partial charge in [0.25, 0.3) is 0 Å². The van der Waals surface area contributed by atoms with Crippen molar-refractivity contribution in [1.82, 2.24) is 10.6 Å². The normalized spacial score (nSPS) is 11.7. The molecule has 0 heterocycles. The number of amides is 1. The number of alkyl carbamates (subject to hydrolysis) is 1. The molecule has 0 aromatic heterocycles. The average molecular weight is 296 g/mol. The fraction of sp³-hybridized carbons (Fsp3) is 0.429. The quantitative estimate of drug-likeness (QED) is 0.617. The maximum Gasteiger partial charge on any atom is 0.407 e. The second kappa shape index (κ2) is 9.73. The second-order valence-electron chi connectivity index (χ2n) is 4.38. The minimum Gasteiger partial charge on any atom is -0.480 e. The van der Waals surface area contributed by atoms with Crippen LogP contribution in [-0.2, 0) is 20.9 Å². The topological polar surface area (TPSA) is 96.9 Å². The van der Waals surface area contributed by atoms with Gasteiger partial charge in [0.1, 0.15) is 6.61 Å². The summed E-state index contributed by atoms with van der Waals surface area (Å²) in [5, 5.41) is 13.9. The van der Waals surface area contributed by atoms with Gasteiger partial charge in [0.2, 0.25) is 0 Å². The summed E-state index contributed by atoms with van der Waals surface area (Å²) in [6, 6.07) is 8.95. The number of ether oxygens (including phenoxy) is 2. The van der Waals surface area contributed by atoms with Gasteiger partial charge in [-0.15, -0.1) is 0 Å². The Labute approximate surface area is 123 Å². The minimum absolute atomic E-state index is 0.176. The number of rotatable bonds is 9. The zero-order valence-electron chi connectivity index (χ0n) is 11.9. The molecule has 0 spiro atoms. The third kappa shape index (κ3) is 7.91. The molecule has 0 fully saturated rings. The molecule has 1 rings (SSSR count). The van der Waals surface area contributed by atoms with Gasteiger partial charge in [-0.1, -0.05) is 30.3 Å². The van der Waals surface area contributed by atoms with Crippen LogP contribution in [0.25, 0.3) is 0 Å². The molecule has 116 valence electrons. The number of hydrogen-bond acceptors (Lipinski definition) is 5. The van der Waals surface area contributed by atoms with Crippen LogP contribution in [0.1, 0.15) is 5.56 Å². The maximum atomic E-state index is 11.7. The summed E-state index contributed by atoms with van der Waals surface area (Å²) in [4.78, 5) is 22.1. The van der Waals surface area contributed by atoms with Crippen molar-refractivity contribution in [2.75, 3.05) is 26.8 Å². The highest BCUT2D eigenvalue weighted by Gasteiger charge is 2.13. The third-order valence-electron chi connectivity index (χ3n) is 2.57. The standard InChI is InChI=1S/C14H20N2O5/c1-20-10-12(7-15-8-13(17)18)16-14(19)21-9-11-5-3-2-4-6-11/h2-6,12,15H,7-10H2,1H3,(H,16,19)(H,17,18)/t12-/m1/s1. The van der Waals surface area contributed by atoms with Crippen LogP contribution in [-0.4, -0.2) is 50.0 Å². The fourth-order valence-corrected chi connectivity index (χ4v) is 1.64. The van der Waals surface area contributed by atoms with E-state index < -0.39 is 12.1 Å². The molecule has 0 aliphatic heterocycles. The van der Waals surface area contributed by atoms with Gasteiger partial charge in [-0.2, -0.15) is 0 Å². The van der Waals surface area contributed by atoms with Crippen LogP contribution in [0.5, 0.6) is 0 Å². The summed E-state index contributed by atoms with van der Waals surface area (Å²) in [5.74, 6) is -0.960. The first-order valence-electron chi connectivity index (χ1n) is 6.50. The predicted molar refractivity (Wildman–Crippen MR) is 75.9 cm³/mol. The van der Waals surface area contributed by atoms with Crippen LogP contribution in [0.3, 0.4) is 0 Å². The van der Waals surface area contributed by atoms with Crippen molar-refractivity contribution in [3.63, 3.8) is 0 Å². The van der Waals surface area contributed by atoms with E-state index >= 15 is 0 Å². The highest BCUT2D eigenvalue weighted by molar-refractivity contribution is 5.69. The van der Waals surface area contributed by atoms with Crippen molar-refractivity contribution in [2.45, 2.75) is 12.6 Å². The smallest absolute Gasteiger partial charge is 0.407 e. The van der Waals surface area contributed by atoms with Crippen LogP contribution in [0.4, 0.5) is 4.79 Å². The maximum absolute atomic E-state index is 11.7. The minimum atomic E-state index is -0.960. The van der Waals surface area contributed by atoms with Gasteiger partial charge in [-0.3, -0.25) is 4.79 Å². The van der Waals surface area contributed by atoms with Crippen LogP contribution in [0.2, 0.25) is 0 Å². The van der Waals surface area contributed by atoms with Crippen LogP contribution in [0.15, 0.2) is 30.3 Å². The molecule has 0 bridgehead atoms. The summed E-state index contributed by atoms with van der Waals surface area (Å²) in [5.41, 5.74) is 0.889. The molecule has 3 N–H and O–H groups in total. The monoisotopic (exact) mass is 296 g/mol. The van der Waals surface area contributed by atoms with E-state index in [9.17, 15) is 9.59 Å². The molecular formula is C14H20N2O5. The van der Waals surface area contributed by atoms with Gasteiger partial charge in [-0.05, 0) is 5.56 Å². The lowest BCUT2D eigenvalue weighted by Crippen LogP contribution is -2.45. The average Bonchev–Trinajstić information content (AvgIpc) is 2.46. The number of nitrogens with one attached hydrogen (secondary N) is 2. The summed E-state index contributed by atoms with van der Waals surface area (Å²) in [7, 11) is 1.50. The number of carbonyl (C=O) groups is 2. The molecule has 0 aliphatic rings. The summed E-state index contributed by atoms with van der Waals surface area (Å²) < 4.78 is 10.1. The molecule has 0 aliphatic carbocycles. The first-order valence-corrected chi connectivity index (χ1v) is 6.50. The summed E-state index contributed by atoms with van der Waals surface area (Å²) in [6.45, 7) is 0.531. The van der Waals surface area contributed by atoms with Gasteiger partial charge in [0.05, 0.1) is 19.2 Å². The Bertz CT molecular complexity index is 438. The Hall–Kier alpha value is -2.12. The molecule has 0 unspecified atom stereocenters. The van der Waals surface area contributed by atoms with E-state index in [1.54, 1.807) is 0 Å². The Balaban J connectivity index is 2.32. The van der Waals surface area contributed by atoms with E-state index in [4.69, 9.17) is 14.6 Å². The van der Waals surface area contributed by atoms with Crippen molar-refractivity contribution in [3.8, 4) is 0 Å². The van der Waals surface area contributed by atoms with E-state index in [1.165, 1.54) is 7.11 Å². The third-order valence-corrected chi connectivity index (χ3v) is 2.57. The van der Waals surface area contributed by atoms with E-state index in [2.05, 4.69) is 10.6 Å². The summed E-state index contributed by atoms with van der Waals surface area (Å²) >= 11 is 0. The molecule has 0 radical (unpaired) electrons. The molecule has 1 aromatic carbocycles. The number of hydrogen-bond donors (Lipinski definition) is 3. The van der Waals surface area contributed by atoms with E-state index in [1.807, 2.05) is 30.3 Å². The first kappa shape index (κ1) is 16.9. The molecule has 0 saturated heterocycles. The Morgan fingerprint density at radius 3 is 2.62 bits per heavy atom. The van der Waals surface area contributed by atoms with Gasteiger partial charge in [0, 0.05) is 13.7 Å².